The number of para-hydroxylation sites is 2. The summed E-state index contributed by atoms with van der Waals surface area (Å²) >= 11 is 5.46. The van der Waals surface area contributed by atoms with Crippen molar-refractivity contribution in [2.45, 2.75) is 20.1 Å². The summed E-state index contributed by atoms with van der Waals surface area (Å²) in [7, 11) is 3.27. The van der Waals surface area contributed by atoms with Crippen LogP contribution in [0.5, 0.6) is 17.2 Å². The van der Waals surface area contributed by atoms with Crippen LogP contribution >= 0.6 is 12.2 Å². The van der Waals surface area contributed by atoms with Gasteiger partial charge in [-0.2, -0.15) is 5.10 Å². The summed E-state index contributed by atoms with van der Waals surface area (Å²) in [5.41, 5.74) is 7.41. The number of nitrogens with one attached hydrogen (secondary N) is 2. The minimum atomic E-state index is 0.441. The Morgan fingerprint density at radius 1 is 0.909 bits per heavy atom. The summed E-state index contributed by atoms with van der Waals surface area (Å²) in [5.74, 6) is 2.69. The van der Waals surface area contributed by atoms with Gasteiger partial charge in [0.05, 0.1) is 26.3 Å². The van der Waals surface area contributed by atoms with Crippen molar-refractivity contribution in [3.05, 3.63) is 88.2 Å². The largest absolute Gasteiger partial charge is 0.496 e. The van der Waals surface area contributed by atoms with Gasteiger partial charge in [0, 0.05) is 5.56 Å². The quantitative estimate of drug-likeness (QED) is 0.331. The van der Waals surface area contributed by atoms with E-state index in [1.165, 1.54) is 5.56 Å². The van der Waals surface area contributed by atoms with Crippen LogP contribution in [-0.2, 0) is 13.2 Å². The number of ether oxygens (including phenoxy) is 3. The van der Waals surface area contributed by atoms with E-state index in [0.29, 0.717) is 41.0 Å². The number of aryl methyl sites for hydroxylation is 1. The molecule has 3 aromatic carbocycles. The molecule has 0 fully saturated rings. The fraction of sp³-hybridized carbons (Fsp3) is 0.200. The number of benzene rings is 3. The number of H-pyrrole nitrogens is 1. The Morgan fingerprint density at radius 2 is 1.61 bits per heavy atom. The summed E-state index contributed by atoms with van der Waals surface area (Å²) in [4.78, 5) is 0. The highest BCUT2D eigenvalue weighted by atomic mass is 32.1. The normalized spacial score (nSPS) is 10.6. The molecule has 0 spiro atoms. The van der Waals surface area contributed by atoms with Crippen LogP contribution in [-0.4, -0.2) is 29.1 Å². The van der Waals surface area contributed by atoms with Crippen LogP contribution in [0, 0.1) is 11.7 Å². The molecule has 0 atom stereocenters. The predicted octanol–water partition coefficient (Wildman–Crippen LogP) is 5.26. The maximum absolute atomic E-state index is 6.23. The van der Waals surface area contributed by atoms with E-state index in [-0.39, 0.29) is 0 Å². The SMILES string of the molecule is COc1ccccc1-c1n[nH]c(=S)n1NCc1cccc(OC)c1OCc1ccccc1C. The van der Waals surface area contributed by atoms with Crippen LogP contribution in [0.15, 0.2) is 66.7 Å². The highest BCUT2D eigenvalue weighted by Crippen LogP contribution is 2.33. The second-order valence-electron chi connectivity index (χ2n) is 7.39. The Morgan fingerprint density at radius 3 is 2.39 bits per heavy atom. The fourth-order valence-corrected chi connectivity index (χ4v) is 3.76. The summed E-state index contributed by atoms with van der Waals surface area (Å²) in [6.07, 6.45) is 0. The van der Waals surface area contributed by atoms with Crippen molar-refractivity contribution < 1.29 is 14.2 Å². The predicted molar refractivity (Wildman–Crippen MR) is 131 cm³/mol. The first-order valence-corrected chi connectivity index (χ1v) is 10.9. The van der Waals surface area contributed by atoms with Gasteiger partial charge in [-0.1, -0.05) is 48.5 Å². The lowest BCUT2D eigenvalue weighted by molar-refractivity contribution is 0.281. The van der Waals surface area contributed by atoms with Crippen LogP contribution in [0.4, 0.5) is 0 Å². The van der Waals surface area contributed by atoms with Crippen LogP contribution in [0.1, 0.15) is 16.7 Å². The van der Waals surface area contributed by atoms with E-state index >= 15 is 0 Å². The molecule has 1 heterocycles. The minimum absolute atomic E-state index is 0.441. The van der Waals surface area contributed by atoms with Gasteiger partial charge >= 0.3 is 0 Å². The van der Waals surface area contributed by atoms with E-state index < -0.39 is 0 Å². The van der Waals surface area contributed by atoms with Crippen LogP contribution in [0.3, 0.4) is 0 Å². The van der Waals surface area contributed by atoms with Crippen LogP contribution in [0.2, 0.25) is 0 Å². The molecule has 0 aliphatic heterocycles. The van der Waals surface area contributed by atoms with E-state index in [1.807, 2.05) is 54.6 Å². The van der Waals surface area contributed by atoms with Crippen molar-refractivity contribution in [3.8, 4) is 28.6 Å². The summed E-state index contributed by atoms with van der Waals surface area (Å²) in [5, 5.41) is 7.25. The number of nitrogens with zero attached hydrogens (tertiary/aromatic N) is 2. The third kappa shape index (κ3) is 4.85. The molecule has 0 unspecified atom stereocenters. The topological polar surface area (TPSA) is 73.3 Å². The molecule has 1 aromatic heterocycles. The Bertz CT molecular complexity index is 1300. The van der Waals surface area contributed by atoms with Crippen molar-refractivity contribution in [2.75, 3.05) is 19.6 Å². The lowest BCUT2D eigenvalue weighted by atomic mass is 10.1. The zero-order chi connectivity index (χ0) is 23.2. The molecule has 0 saturated heterocycles. The molecule has 8 heteroatoms. The maximum atomic E-state index is 6.23. The number of hydrogen-bond donors (Lipinski definition) is 2. The molecule has 0 bridgehead atoms. The minimum Gasteiger partial charge on any atom is -0.496 e. The van der Waals surface area contributed by atoms with Gasteiger partial charge in [0.15, 0.2) is 17.3 Å². The van der Waals surface area contributed by atoms with Crippen molar-refractivity contribution in [1.29, 1.82) is 0 Å². The molecule has 4 aromatic rings. The first-order valence-electron chi connectivity index (χ1n) is 10.5. The monoisotopic (exact) mass is 462 g/mol. The van der Waals surface area contributed by atoms with E-state index in [0.717, 1.165) is 16.7 Å². The van der Waals surface area contributed by atoms with Gasteiger partial charge in [-0.15, -0.1) is 0 Å². The molecule has 0 amide bonds. The number of methoxy groups -OCH3 is 2. The van der Waals surface area contributed by atoms with Gasteiger partial charge in [-0.05, 0) is 48.5 Å². The van der Waals surface area contributed by atoms with E-state index in [4.69, 9.17) is 26.4 Å². The molecule has 0 aliphatic rings. The third-order valence-electron chi connectivity index (χ3n) is 5.36. The molecule has 4 rings (SSSR count). The Balaban J connectivity index is 1.60. The average Bonchev–Trinajstić information content (AvgIpc) is 3.22. The Labute approximate surface area is 197 Å². The third-order valence-corrected chi connectivity index (χ3v) is 5.64. The van der Waals surface area contributed by atoms with E-state index in [1.54, 1.807) is 18.9 Å². The molecule has 7 nitrogen and oxygen atoms in total. The molecule has 0 radical (unpaired) electrons. The number of hydrogen-bond acceptors (Lipinski definition) is 6. The van der Waals surface area contributed by atoms with E-state index in [9.17, 15) is 0 Å². The zero-order valence-corrected chi connectivity index (χ0v) is 19.6. The number of rotatable bonds is 9. The van der Waals surface area contributed by atoms with Gasteiger partial charge in [-0.3, -0.25) is 0 Å². The molecular weight excluding hydrogens is 436 g/mol. The van der Waals surface area contributed by atoms with E-state index in [2.05, 4.69) is 34.7 Å². The van der Waals surface area contributed by atoms with Crippen LogP contribution in [0.25, 0.3) is 11.4 Å². The summed E-state index contributed by atoms with van der Waals surface area (Å²) in [6, 6.07) is 21.6. The standard InChI is InChI=1S/C25H26N4O3S/c1-17-9-4-5-10-19(17)16-32-23-18(11-8-14-22(23)31-3)15-26-29-24(27-28-25(29)33)20-12-6-7-13-21(20)30-2/h4-14,26H,15-16H2,1-3H3,(H,28,33). The van der Waals surface area contributed by atoms with Gasteiger partial charge in [0.1, 0.15) is 12.4 Å². The maximum Gasteiger partial charge on any atom is 0.214 e. The summed E-state index contributed by atoms with van der Waals surface area (Å²) < 4.78 is 19.5. The van der Waals surface area contributed by atoms with Gasteiger partial charge in [-0.25, -0.2) is 9.77 Å². The lowest BCUT2D eigenvalue weighted by Gasteiger charge is -2.17. The number of aromatic amines is 1. The highest BCUT2D eigenvalue weighted by molar-refractivity contribution is 7.71. The molecule has 33 heavy (non-hydrogen) atoms. The molecular formula is C25H26N4O3S. The lowest BCUT2D eigenvalue weighted by Crippen LogP contribution is -2.17. The Hall–Kier alpha value is -3.78. The zero-order valence-electron chi connectivity index (χ0n) is 18.8. The van der Waals surface area contributed by atoms with Crippen molar-refractivity contribution in [2.24, 2.45) is 0 Å². The highest BCUT2D eigenvalue weighted by Gasteiger charge is 2.16. The van der Waals surface area contributed by atoms with Crippen molar-refractivity contribution in [3.63, 3.8) is 0 Å². The van der Waals surface area contributed by atoms with Gasteiger partial charge in [0.25, 0.3) is 0 Å². The van der Waals surface area contributed by atoms with Crippen molar-refractivity contribution >= 4 is 12.2 Å². The van der Waals surface area contributed by atoms with Gasteiger partial charge in [0.2, 0.25) is 4.77 Å². The second-order valence-corrected chi connectivity index (χ2v) is 7.77. The first kappa shape index (κ1) is 22.4. The average molecular weight is 463 g/mol. The second kappa shape index (κ2) is 10.2. The van der Waals surface area contributed by atoms with Gasteiger partial charge < -0.3 is 19.6 Å². The summed E-state index contributed by atoms with van der Waals surface area (Å²) in [6.45, 7) is 2.96. The fourth-order valence-electron chi connectivity index (χ4n) is 3.56. The smallest absolute Gasteiger partial charge is 0.214 e. The van der Waals surface area contributed by atoms with Crippen LogP contribution < -0.4 is 19.6 Å². The molecule has 0 saturated carbocycles. The molecule has 2 N–H and O–H groups in total. The molecule has 170 valence electrons. The van der Waals surface area contributed by atoms with Crippen molar-refractivity contribution in [1.82, 2.24) is 14.9 Å². The first-order chi connectivity index (χ1) is 16.1. The molecule has 0 aliphatic carbocycles. The Kier molecular flexibility index (Phi) is 6.95. The number of aromatic nitrogens is 3.